The first-order valence-electron chi connectivity index (χ1n) is 6.92. The zero-order valence-electron chi connectivity index (χ0n) is 13.0. The number of alkyl carbamates (subject to hydrolysis) is 1. The Bertz CT molecular complexity index is 676. The summed E-state index contributed by atoms with van der Waals surface area (Å²) in [5, 5.41) is 11.0. The predicted octanol–water partition coefficient (Wildman–Crippen LogP) is -0.250. The monoisotopic (exact) mass is 336 g/mol. The van der Waals surface area contributed by atoms with Gasteiger partial charge in [-0.25, -0.2) is 9.59 Å². The number of hydrogen-bond acceptors (Lipinski definition) is 6. The first-order chi connectivity index (χ1) is 11.3. The van der Waals surface area contributed by atoms with Crippen LogP contribution in [0.1, 0.15) is 5.56 Å². The number of rotatable bonds is 6. The fraction of sp³-hybridized carbons (Fsp3) is 0.333. The van der Waals surface area contributed by atoms with Gasteiger partial charge in [0.1, 0.15) is 6.61 Å². The number of amides is 2. The summed E-state index contributed by atoms with van der Waals surface area (Å²) in [4.78, 5) is 47.5. The second-order valence-electron chi connectivity index (χ2n) is 5.11. The topological polar surface area (TPSA) is 122 Å². The summed E-state index contributed by atoms with van der Waals surface area (Å²) < 4.78 is 9.95. The number of Topliss-reactive ketones (excluding diaryl/α,β-unsaturated/α-hetero) is 1. The largest absolute Gasteiger partial charge is 0.475 e. The molecule has 1 aliphatic heterocycles. The van der Waals surface area contributed by atoms with E-state index in [1.54, 1.807) is 30.3 Å². The lowest BCUT2D eigenvalue weighted by Crippen LogP contribution is -2.82. The third-order valence-electron chi connectivity index (χ3n) is 3.69. The van der Waals surface area contributed by atoms with E-state index in [4.69, 9.17) is 14.6 Å². The summed E-state index contributed by atoms with van der Waals surface area (Å²) in [6.45, 7) is -0.0615. The molecule has 0 spiro atoms. The Balaban J connectivity index is 2.08. The van der Waals surface area contributed by atoms with Gasteiger partial charge in [0, 0.05) is 14.2 Å². The van der Waals surface area contributed by atoms with Gasteiger partial charge in [-0.05, 0) is 5.56 Å². The van der Waals surface area contributed by atoms with E-state index in [1.807, 2.05) is 0 Å². The van der Waals surface area contributed by atoms with Crippen molar-refractivity contribution in [3.05, 3.63) is 35.9 Å². The van der Waals surface area contributed by atoms with Gasteiger partial charge in [0.25, 0.3) is 17.4 Å². The van der Waals surface area contributed by atoms with Gasteiger partial charge >= 0.3 is 12.1 Å². The van der Waals surface area contributed by atoms with Gasteiger partial charge in [-0.1, -0.05) is 30.3 Å². The van der Waals surface area contributed by atoms with Crippen LogP contribution in [-0.2, 0) is 30.5 Å². The van der Waals surface area contributed by atoms with Crippen molar-refractivity contribution in [1.29, 1.82) is 0 Å². The molecule has 0 radical (unpaired) electrons. The minimum atomic E-state index is -2.09. The molecule has 9 nitrogen and oxygen atoms in total. The van der Waals surface area contributed by atoms with Gasteiger partial charge in [0.05, 0.1) is 0 Å². The maximum Gasteiger partial charge on any atom is 0.410 e. The van der Waals surface area contributed by atoms with Gasteiger partial charge in [0.2, 0.25) is 0 Å². The van der Waals surface area contributed by atoms with Crippen LogP contribution in [-0.4, -0.2) is 59.7 Å². The number of likely N-dealkylation sites (tertiary alicyclic amines) is 1. The molecule has 0 saturated carbocycles. The van der Waals surface area contributed by atoms with Crippen LogP contribution in [0.15, 0.2) is 30.3 Å². The molecule has 2 rings (SSSR count). The average Bonchev–Trinajstić information content (AvgIpc) is 2.59. The maximum absolute atomic E-state index is 12.0. The molecule has 2 N–H and O–H groups in total. The summed E-state index contributed by atoms with van der Waals surface area (Å²) in [5.41, 5.74) is -1.37. The number of nitrogens with zero attached hydrogens (tertiary/aromatic N) is 1. The summed E-state index contributed by atoms with van der Waals surface area (Å²) in [5.74, 6) is -3.76. The second kappa shape index (κ2) is 6.67. The highest BCUT2D eigenvalue weighted by atomic mass is 16.6. The number of hydrogen-bond donors (Lipinski definition) is 2. The molecule has 2 atom stereocenters. The zero-order valence-corrected chi connectivity index (χ0v) is 13.0. The summed E-state index contributed by atoms with van der Waals surface area (Å²) in [7, 11) is 2.33. The lowest BCUT2D eigenvalue weighted by molar-refractivity contribution is -0.203. The number of β-lactam (4-membered cyclic amide) rings is 1. The summed E-state index contributed by atoms with van der Waals surface area (Å²) >= 11 is 0. The molecule has 9 heteroatoms. The quantitative estimate of drug-likeness (QED) is 0.417. The Morgan fingerprint density at radius 3 is 2.46 bits per heavy atom. The van der Waals surface area contributed by atoms with E-state index in [9.17, 15) is 19.2 Å². The van der Waals surface area contributed by atoms with E-state index >= 15 is 0 Å². The molecule has 128 valence electrons. The van der Waals surface area contributed by atoms with Crippen LogP contribution < -0.4 is 5.32 Å². The van der Waals surface area contributed by atoms with Crippen LogP contribution >= 0.6 is 0 Å². The average molecular weight is 336 g/mol. The lowest BCUT2D eigenvalue weighted by Gasteiger charge is -2.50. The molecule has 1 aromatic carbocycles. The fourth-order valence-corrected chi connectivity index (χ4v) is 2.46. The third-order valence-corrected chi connectivity index (χ3v) is 3.69. The molecule has 1 heterocycles. The number of carbonyl (C=O) groups is 4. The van der Waals surface area contributed by atoms with Gasteiger partial charge in [-0.3, -0.25) is 14.9 Å². The maximum atomic E-state index is 12.0. The minimum Gasteiger partial charge on any atom is -0.475 e. The van der Waals surface area contributed by atoms with E-state index in [1.165, 1.54) is 7.05 Å². The smallest absolute Gasteiger partial charge is 0.410 e. The number of carbonyl (C=O) groups excluding carboxylic acids is 3. The second-order valence-corrected chi connectivity index (χ2v) is 5.11. The molecular weight excluding hydrogens is 320 g/mol. The normalized spacial score (nSPS) is 22.5. The molecule has 0 aliphatic carbocycles. The lowest BCUT2D eigenvalue weighted by atomic mass is 9.87. The van der Waals surface area contributed by atoms with Crippen molar-refractivity contribution in [3.8, 4) is 0 Å². The number of ketones is 1. The number of aliphatic carboxylic acids is 1. The third kappa shape index (κ3) is 2.93. The number of likely N-dealkylation sites (N-methyl/N-ethyl adjacent to an activating group) is 1. The molecule has 24 heavy (non-hydrogen) atoms. The first-order valence-corrected chi connectivity index (χ1v) is 6.92. The van der Waals surface area contributed by atoms with Crippen LogP contribution in [0.2, 0.25) is 0 Å². The standard InChI is InChI=1S/C15H16N2O7/c1-17-11(10(18)12(19)20)15(23-2,13(17)21)16-14(22)24-8-9-6-4-3-5-7-9/h3-7,11H,8H2,1-2H3,(H,16,22)(H,19,20). The van der Waals surface area contributed by atoms with Crippen molar-refractivity contribution in [1.82, 2.24) is 10.2 Å². The molecule has 2 amide bonds. The van der Waals surface area contributed by atoms with Crippen LogP contribution in [0.4, 0.5) is 4.79 Å². The van der Waals surface area contributed by atoms with Gasteiger partial charge in [-0.2, -0.15) is 0 Å². The van der Waals surface area contributed by atoms with Crippen molar-refractivity contribution in [2.24, 2.45) is 0 Å². The van der Waals surface area contributed by atoms with Crippen molar-refractivity contribution < 1.29 is 33.8 Å². The minimum absolute atomic E-state index is 0.0615. The zero-order chi connectivity index (χ0) is 17.9. The van der Waals surface area contributed by atoms with Crippen molar-refractivity contribution in [2.45, 2.75) is 18.4 Å². The SMILES string of the molecule is COC1(NC(=O)OCc2ccccc2)C(=O)N(C)C1C(=O)C(=O)O. The molecule has 1 aromatic rings. The van der Waals surface area contributed by atoms with Crippen LogP contribution in [0.25, 0.3) is 0 Å². The summed E-state index contributed by atoms with van der Waals surface area (Å²) in [6, 6.07) is 7.32. The molecule has 0 aromatic heterocycles. The van der Waals surface area contributed by atoms with Gasteiger partial charge < -0.3 is 19.5 Å². The van der Waals surface area contributed by atoms with Crippen molar-refractivity contribution in [2.75, 3.05) is 14.2 Å². The number of ether oxygens (including phenoxy) is 2. The van der Waals surface area contributed by atoms with Crippen LogP contribution in [0.3, 0.4) is 0 Å². The fourth-order valence-electron chi connectivity index (χ4n) is 2.46. The van der Waals surface area contributed by atoms with Crippen molar-refractivity contribution in [3.63, 3.8) is 0 Å². The van der Waals surface area contributed by atoms with Crippen LogP contribution in [0.5, 0.6) is 0 Å². The molecule has 1 saturated heterocycles. The van der Waals surface area contributed by atoms with E-state index in [0.29, 0.717) is 5.56 Å². The Kier molecular flexibility index (Phi) is 4.84. The van der Waals surface area contributed by atoms with Gasteiger partial charge in [-0.15, -0.1) is 0 Å². The highest BCUT2D eigenvalue weighted by molar-refractivity contribution is 6.37. The predicted molar refractivity (Wildman–Crippen MR) is 78.7 cm³/mol. The molecule has 1 aliphatic rings. The highest BCUT2D eigenvalue weighted by Crippen LogP contribution is 2.31. The van der Waals surface area contributed by atoms with Crippen molar-refractivity contribution >= 4 is 23.8 Å². The molecule has 0 bridgehead atoms. The molecule has 1 fully saturated rings. The number of carboxylic acid groups (broad SMARTS) is 1. The van der Waals surface area contributed by atoms with E-state index in [-0.39, 0.29) is 6.61 Å². The Labute approximate surface area is 137 Å². The highest BCUT2D eigenvalue weighted by Gasteiger charge is 2.66. The van der Waals surface area contributed by atoms with E-state index in [0.717, 1.165) is 12.0 Å². The summed E-state index contributed by atoms with van der Waals surface area (Å²) in [6.07, 6.45) is -1.01. The molecule has 2 unspecified atom stereocenters. The Hall–Kier alpha value is -2.94. The Morgan fingerprint density at radius 2 is 1.92 bits per heavy atom. The Morgan fingerprint density at radius 1 is 1.29 bits per heavy atom. The number of carboxylic acids is 1. The van der Waals surface area contributed by atoms with Crippen LogP contribution in [0, 0.1) is 0 Å². The number of methoxy groups -OCH3 is 1. The number of benzene rings is 1. The first kappa shape index (κ1) is 17.4. The number of nitrogens with one attached hydrogen (secondary N) is 1. The molecular formula is C15H16N2O7. The van der Waals surface area contributed by atoms with E-state index < -0.39 is 35.5 Å². The van der Waals surface area contributed by atoms with Gasteiger partial charge in [0.15, 0.2) is 6.04 Å². The van der Waals surface area contributed by atoms with E-state index in [2.05, 4.69) is 5.32 Å².